The Balaban J connectivity index is 1.51. The van der Waals surface area contributed by atoms with Gasteiger partial charge in [0, 0.05) is 43.9 Å². The van der Waals surface area contributed by atoms with Crippen LogP contribution in [0.25, 0.3) is 11.0 Å². The molecule has 0 bridgehead atoms. The first kappa shape index (κ1) is 27.2. The molecule has 0 spiro atoms. The molecule has 2 amide bonds. The normalized spacial score (nSPS) is 19.0. The first-order chi connectivity index (χ1) is 19.0. The van der Waals surface area contributed by atoms with Gasteiger partial charge in [0.1, 0.15) is 11.9 Å². The van der Waals surface area contributed by atoms with Gasteiger partial charge in [-0.05, 0) is 56.9 Å². The van der Waals surface area contributed by atoms with Gasteiger partial charge in [-0.3, -0.25) is 14.9 Å². The summed E-state index contributed by atoms with van der Waals surface area (Å²) in [7, 11) is 0. The second-order valence-corrected chi connectivity index (χ2v) is 10.7. The van der Waals surface area contributed by atoms with E-state index in [2.05, 4.69) is 23.7 Å². The lowest BCUT2D eigenvalue weighted by molar-refractivity contribution is -0.126. The molecule has 2 aromatic carbocycles. The fourth-order valence-electron chi connectivity index (χ4n) is 5.63. The predicted octanol–water partition coefficient (Wildman–Crippen LogP) is 5.54. The summed E-state index contributed by atoms with van der Waals surface area (Å²) in [5.74, 6) is 0.733. The van der Waals surface area contributed by atoms with E-state index in [9.17, 15) is 9.59 Å². The highest BCUT2D eigenvalue weighted by Gasteiger charge is 2.28. The third kappa shape index (κ3) is 6.12. The maximum absolute atomic E-state index is 13.2. The van der Waals surface area contributed by atoms with E-state index in [1.54, 1.807) is 12.1 Å². The van der Waals surface area contributed by atoms with Crippen molar-refractivity contribution in [1.29, 1.82) is 0 Å². The summed E-state index contributed by atoms with van der Waals surface area (Å²) in [4.78, 5) is 34.8. The van der Waals surface area contributed by atoms with Crippen LogP contribution in [0.3, 0.4) is 0 Å². The molecule has 3 heterocycles. The number of ether oxygens (including phenoxy) is 1. The number of nitrogens with zero attached hydrogens (tertiary/aromatic N) is 4. The number of aromatic nitrogens is 2. The fourth-order valence-corrected chi connectivity index (χ4v) is 5.92. The van der Waals surface area contributed by atoms with Gasteiger partial charge in [0.25, 0.3) is 5.91 Å². The topological polar surface area (TPSA) is 79.7 Å². The number of fused-ring (bicyclic) bond motifs is 1. The number of halogens is 1. The molecule has 1 N–H and O–H groups in total. The second-order valence-electron chi connectivity index (χ2n) is 10.3. The van der Waals surface area contributed by atoms with Crippen molar-refractivity contribution in [3.8, 4) is 5.75 Å². The van der Waals surface area contributed by atoms with Crippen LogP contribution in [0, 0.1) is 0 Å². The Morgan fingerprint density at radius 1 is 1.13 bits per heavy atom. The van der Waals surface area contributed by atoms with Crippen molar-refractivity contribution in [1.82, 2.24) is 19.4 Å². The Kier molecular flexibility index (Phi) is 8.53. The molecule has 1 aromatic heterocycles. The van der Waals surface area contributed by atoms with E-state index < -0.39 is 0 Å². The number of imidazole rings is 1. The molecule has 8 nitrogen and oxygen atoms in total. The number of amides is 2. The molecule has 2 aliphatic rings. The van der Waals surface area contributed by atoms with Gasteiger partial charge < -0.3 is 19.1 Å². The monoisotopic (exact) mass is 549 g/mol. The maximum Gasteiger partial charge on any atom is 0.257 e. The SMILES string of the molecule is C=CC(=O)N1CCCC[C@@H](n2c(NC(=O)c3ccccc3)nc3cc(OC4CCN(CC)CC4)cc(Cl)c32)C1. The number of carbonyl (C=O) groups excluding carboxylic acids is 2. The number of nitrogens with one attached hydrogen (secondary N) is 1. The van der Waals surface area contributed by atoms with Crippen molar-refractivity contribution in [2.24, 2.45) is 0 Å². The van der Waals surface area contributed by atoms with E-state index in [0.717, 1.165) is 57.3 Å². The summed E-state index contributed by atoms with van der Waals surface area (Å²) < 4.78 is 8.35. The minimum atomic E-state index is -0.255. The van der Waals surface area contributed by atoms with Crippen molar-refractivity contribution in [3.63, 3.8) is 0 Å². The molecule has 206 valence electrons. The van der Waals surface area contributed by atoms with Crippen LogP contribution in [0.5, 0.6) is 5.75 Å². The predicted molar refractivity (Wildman–Crippen MR) is 155 cm³/mol. The fraction of sp³-hybridized carbons (Fsp3) is 0.433. The van der Waals surface area contributed by atoms with Crippen molar-refractivity contribution < 1.29 is 14.3 Å². The zero-order valence-corrected chi connectivity index (χ0v) is 23.2. The first-order valence-corrected chi connectivity index (χ1v) is 14.2. The third-order valence-electron chi connectivity index (χ3n) is 7.76. The van der Waals surface area contributed by atoms with Crippen molar-refractivity contribution in [3.05, 3.63) is 65.7 Å². The van der Waals surface area contributed by atoms with Crippen LogP contribution in [0.1, 0.15) is 55.4 Å². The van der Waals surface area contributed by atoms with Crippen LogP contribution in [0.4, 0.5) is 5.95 Å². The summed E-state index contributed by atoms with van der Waals surface area (Å²) in [5.41, 5.74) is 1.91. The number of rotatable bonds is 7. The number of hydrogen-bond donors (Lipinski definition) is 1. The van der Waals surface area contributed by atoms with Gasteiger partial charge in [-0.1, -0.05) is 43.3 Å². The number of piperidine rings is 1. The van der Waals surface area contributed by atoms with Gasteiger partial charge in [0.05, 0.1) is 22.1 Å². The van der Waals surface area contributed by atoms with Crippen molar-refractivity contribution in [2.75, 3.05) is 38.0 Å². The van der Waals surface area contributed by atoms with E-state index in [0.29, 0.717) is 40.9 Å². The van der Waals surface area contributed by atoms with Crippen molar-refractivity contribution in [2.45, 2.75) is 51.2 Å². The summed E-state index contributed by atoms with van der Waals surface area (Å²) in [6.45, 7) is 10.1. The van der Waals surface area contributed by atoms with Crippen LogP contribution in [-0.2, 0) is 4.79 Å². The number of hydrogen-bond acceptors (Lipinski definition) is 5. The van der Waals surface area contributed by atoms with E-state index in [1.165, 1.54) is 6.08 Å². The Morgan fingerprint density at radius 2 is 1.90 bits per heavy atom. The van der Waals surface area contributed by atoms with Gasteiger partial charge >= 0.3 is 0 Å². The van der Waals surface area contributed by atoms with Gasteiger partial charge in [-0.25, -0.2) is 4.98 Å². The maximum atomic E-state index is 13.2. The standard InChI is InChI=1S/C30H36ClN5O3/c1-3-27(37)35-15-9-8-12-22(20-35)36-28-25(31)18-24(39-23-13-16-34(4-2)17-14-23)19-26(28)32-30(36)33-29(38)21-10-6-5-7-11-21/h3,5-7,10-11,18-19,22-23H,1,4,8-9,12-17,20H2,2H3,(H,32,33,38)/t22-/m1/s1. The van der Waals surface area contributed by atoms with Crippen LogP contribution in [0.15, 0.2) is 55.1 Å². The van der Waals surface area contributed by atoms with Gasteiger partial charge in [-0.15, -0.1) is 0 Å². The molecule has 2 fully saturated rings. The molecular weight excluding hydrogens is 514 g/mol. The number of anilines is 1. The zero-order chi connectivity index (χ0) is 27.4. The highest BCUT2D eigenvalue weighted by Crippen LogP contribution is 2.37. The van der Waals surface area contributed by atoms with E-state index >= 15 is 0 Å². The number of benzene rings is 2. The van der Waals surface area contributed by atoms with Crippen LogP contribution in [-0.4, -0.2) is 70.0 Å². The van der Waals surface area contributed by atoms with E-state index in [1.807, 2.05) is 39.8 Å². The lowest BCUT2D eigenvalue weighted by Gasteiger charge is -2.31. The summed E-state index contributed by atoms with van der Waals surface area (Å²) in [6, 6.07) is 12.7. The third-order valence-corrected chi connectivity index (χ3v) is 8.04. The highest BCUT2D eigenvalue weighted by molar-refractivity contribution is 6.35. The average molecular weight is 550 g/mol. The molecular formula is C30H36ClN5O3. The highest BCUT2D eigenvalue weighted by atomic mass is 35.5. The molecule has 0 unspecified atom stereocenters. The molecule has 0 saturated carbocycles. The van der Waals surface area contributed by atoms with Crippen LogP contribution in [0.2, 0.25) is 5.02 Å². The smallest absolute Gasteiger partial charge is 0.257 e. The molecule has 39 heavy (non-hydrogen) atoms. The average Bonchev–Trinajstić information content (AvgIpc) is 3.14. The minimum absolute atomic E-state index is 0.0999. The summed E-state index contributed by atoms with van der Waals surface area (Å²) >= 11 is 6.93. The molecule has 3 aromatic rings. The lowest BCUT2D eigenvalue weighted by Crippen LogP contribution is -2.37. The number of likely N-dealkylation sites (tertiary alicyclic amines) is 2. The molecule has 0 radical (unpaired) electrons. The van der Waals surface area contributed by atoms with Crippen LogP contribution >= 0.6 is 11.6 Å². The lowest BCUT2D eigenvalue weighted by atomic mass is 10.1. The first-order valence-electron chi connectivity index (χ1n) is 13.8. The summed E-state index contributed by atoms with van der Waals surface area (Å²) in [5, 5.41) is 3.52. The molecule has 2 aliphatic heterocycles. The molecule has 9 heteroatoms. The second kappa shape index (κ2) is 12.2. The molecule has 0 aliphatic carbocycles. The molecule has 5 rings (SSSR count). The largest absolute Gasteiger partial charge is 0.490 e. The van der Waals surface area contributed by atoms with Gasteiger partial charge in [0.2, 0.25) is 11.9 Å². The zero-order valence-electron chi connectivity index (χ0n) is 22.4. The van der Waals surface area contributed by atoms with Gasteiger partial charge in [0.15, 0.2) is 0 Å². The van der Waals surface area contributed by atoms with E-state index in [-0.39, 0.29) is 24.0 Å². The van der Waals surface area contributed by atoms with Crippen LogP contribution < -0.4 is 10.1 Å². The van der Waals surface area contributed by atoms with Crippen molar-refractivity contribution >= 4 is 40.4 Å². The van der Waals surface area contributed by atoms with Gasteiger partial charge in [-0.2, -0.15) is 0 Å². The quantitative estimate of drug-likeness (QED) is 0.391. The van der Waals surface area contributed by atoms with E-state index in [4.69, 9.17) is 21.3 Å². The molecule has 1 atom stereocenters. The Bertz CT molecular complexity index is 1330. The Labute approximate surface area is 234 Å². The summed E-state index contributed by atoms with van der Waals surface area (Å²) in [6.07, 6.45) is 6.07. The molecule has 2 saturated heterocycles. The Hall–Kier alpha value is -3.36. The minimum Gasteiger partial charge on any atom is -0.490 e. The Morgan fingerprint density at radius 3 is 2.62 bits per heavy atom. The number of carbonyl (C=O) groups is 2.